The van der Waals surface area contributed by atoms with E-state index in [0.29, 0.717) is 24.9 Å². The van der Waals surface area contributed by atoms with Gasteiger partial charge in [0.2, 0.25) is 11.9 Å². The average molecular weight is 341 g/mol. The van der Waals surface area contributed by atoms with Crippen molar-refractivity contribution in [2.75, 3.05) is 31.8 Å². The van der Waals surface area contributed by atoms with Crippen LogP contribution in [0.25, 0.3) is 0 Å². The molecule has 2 N–H and O–H groups in total. The van der Waals surface area contributed by atoms with Crippen LogP contribution in [0.1, 0.15) is 11.6 Å². The number of furan rings is 1. The molecule has 0 unspecified atom stereocenters. The zero-order valence-electron chi connectivity index (χ0n) is 11.7. The molecule has 2 aromatic heterocycles. The van der Waals surface area contributed by atoms with Crippen molar-refractivity contribution in [1.29, 1.82) is 0 Å². The number of nitrogen functional groups attached to an aromatic ring is 1. The summed E-state index contributed by atoms with van der Waals surface area (Å²) in [6.07, 6.45) is 0. The molecule has 0 aliphatic carbocycles. The van der Waals surface area contributed by atoms with E-state index in [0.717, 1.165) is 10.4 Å². The van der Waals surface area contributed by atoms with Crippen molar-refractivity contribution in [3.8, 4) is 0 Å². The van der Waals surface area contributed by atoms with Gasteiger partial charge < -0.3 is 15.1 Å². The van der Waals surface area contributed by atoms with E-state index in [1.807, 2.05) is 38.2 Å². The molecule has 0 aliphatic heterocycles. The van der Waals surface area contributed by atoms with E-state index in [-0.39, 0.29) is 5.95 Å². The molecule has 8 heteroatoms. The lowest BCUT2D eigenvalue weighted by molar-refractivity contribution is 0.279. The molecule has 0 atom stereocenters. The Balaban J connectivity index is 2.05. The lowest BCUT2D eigenvalue weighted by Crippen LogP contribution is -2.21. The van der Waals surface area contributed by atoms with E-state index in [4.69, 9.17) is 10.2 Å². The Morgan fingerprint density at radius 2 is 1.90 bits per heavy atom. The van der Waals surface area contributed by atoms with Crippen LogP contribution in [0, 0.1) is 0 Å². The maximum atomic E-state index is 5.70. The Morgan fingerprint density at radius 1 is 1.15 bits per heavy atom. The van der Waals surface area contributed by atoms with Gasteiger partial charge in [0.15, 0.2) is 4.67 Å². The molecule has 20 heavy (non-hydrogen) atoms. The van der Waals surface area contributed by atoms with Crippen LogP contribution in [0.4, 0.5) is 11.9 Å². The summed E-state index contributed by atoms with van der Waals surface area (Å²) in [4.78, 5) is 16.4. The fraction of sp³-hybridized carbons (Fsp3) is 0.417. The van der Waals surface area contributed by atoms with Crippen LogP contribution in [0.5, 0.6) is 0 Å². The van der Waals surface area contributed by atoms with Crippen LogP contribution in [0.15, 0.2) is 21.2 Å². The molecule has 0 saturated heterocycles. The van der Waals surface area contributed by atoms with E-state index in [1.54, 1.807) is 4.90 Å². The fourth-order valence-corrected chi connectivity index (χ4v) is 2.04. The largest absolute Gasteiger partial charge is 0.453 e. The van der Waals surface area contributed by atoms with Crippen LogP contribution in [0.3, 0.4) is 0 Å². The van der Waals surface area contributed by atoms with Gasteiger partial charge in [-0.1, -0.05) is 0 Å². The summed E-state index contributed by atoms with van der Waals surface area (Å²) in [5.74, 6) is 2.29. The number of nitrogens with zero attached hydrogens (tertiary/aromatic N) is 5. The number of rotatable bonds is 5. The van der Waals surface area contributed by atoms with Gasteiger partial charge in [-0.3, -0.25) is 4.90 Å². The second-order valence-corrected chi connectivity index (χ2v) is 5.46. The van der Waals surface area contributed by atoms with Gasteiger partial charge in [0, 0.05) is 14.1 Å². The zero-order chi connectivity index (χ0) is 14.7. The Hall–Kier alpha value is -1.67. The van der Waals surface area contributed by atoms with Gasteiger partial charge in [0.1, 0.15) is 11.6 Å². The van der Waals surface area contributed by atoms with Crippen molar-refractivity contribution < 1.29 is 4.42 Å². The standard InChI is InChI=1S/C12H17BrN6O/c1-18(2)12-16-10(15-11(14)17-12)7-19(3)6-8-4-5-9(13)20-8/h4-5H,6-7H2,1-3H3,(H2,14,15,16,17). The van der Waals surface area contributed by atoms with E-state index >= 15 is 0 Å². The normalized spacial score (nSPS) is 11.1. The first kappa shape index (κ1) is 14.7. The number of halogens is 1. The lowest BCUT2D eigenvalue weighted by atomic mass is 10.4. The number of anilines is 2. The van der Waals surface area contributed by atoms with E-state index in [9.17, 15) is 0 Å². The summed E-state index contributed by atoms with van der Waals surface area (Å²) in [6, 6.07) is 3.79. The van der Waals surface area contributed by atoms with Gasteiger partial charge in [0.05, 0.1) is 13.1 Å². The van der Waals surface area contributed by atoms with Gasteiger partial charge in [0.25, 0.3) is 0 Å². The molecule has 0 radical (unpaired) electrons. The highest BCUT2D eigenvalue weighted by atomic mass is 79.9. The Labute approximate surface area is 125 Å². The monoisotopic (exact) mass is 340 g/mol. The summed E-state index contributed by atoms with van der Waals surface area (Å²) >= 11 is 3.28. The molecule has 0 aliphatic rings. The molecule has 7 nitrogen and oxygen atoms in total. The van der Waals surface area contributed by atoms with E-state index in [1.165, 1.54) is 0 Å². The van der Waals surface area contributed by atoms with E-state index < -0.39 is 0 Å². The van der Waals surface area contributed by atoms with Crippen molar-refractivity contribution in [3.63, 3.8) is 0 Å². The van der Waals surface area contributed by atoms with Crippen molar-refractivity contribution in [3.05, 3.63) is 28.4 Å². The SMILES string of the molecule is CN(Cc1nc(N)nc(N(C)C)n1)Cc1ccc(Br)o1. The van der Waals surface area contributed by atoms with Gasteiger partial charge in [-0.2, -0.15) is 15.0 Å². The first-order valence-electron chi connectivity index (χ1n) is 6.04. The smallest absolute Gasteiger partial charge is 0.229 e. The first-order chi connectivity index (χ1) is 9.44. The molecule has 0 amide bonds. The van der Waals surface area contributed by atoms with Crippen molar-refractivity contribution in [1.82, 2.24) is 19.9 Å². The molecule has 0 aromatic carbocycles. The molecule has 108 valence electrons. The van der Waals surface area contributed by atoms with Gasteiger partial charge in [-0.25, -0.2) is 0 Å². The van der Waals surface area contributed by atoms with Crippen LogP contribution < -0.4 is 10.6 Å². The minimum absolute atomic E-state index is 0.229. The molecule has 2 aromatic rings. The summed E-state index contributed by atoms with van der Waals surface area (Å²) in [5, 5.41) is 0. The van der Waals surface area contributed by atoms with Crippen LogP contribution in [0.2, 0.25) is 0 Å². The van der Waals surface area contributed by atoms with E-state index in [2.05, 4.69) is 30.9 Å². The molecule has 0 bridgehead atoms. The van der Waals surface area contributed by atoms with Gasteiger partial charge in [-0.05, 0) is 35.1 Å². The topological polar surface area (TPSA) is 84.3 Å². The first-order valence-corrected chi connectivity index (χ1v) is 6.84. The highest BCUT2D eigenvalue weighted by Crippen LogP contribution is 2.16. The number of hydrogen-bond acceptors (Lipinski definition) is 7. The maximum Gasteiger partial charge on any atom is 0.229 e. The van der Waals surface area contributed by atoms with Gasteiger partial charge >= 0.3 is 0 Å². The Kier molecular flexibility index (Phi) is 4.56. The fourth-order valence-electron chi connectivity index (χ4n) is 1.70. The van der Waals surface area contributed by atoms with Crippen molar-refractivity contribution in [2.24, 2.45) is 0 Å². The van der Waals surface area contributed by atoms with Crippen molar-refractivity contribution in [2.45, 2.75) is 13.1 Å². The summed E-state index contributed by atoms with van der Waals surface area (Å²) in [5.41, 5.74) is 5.70. The summed E-state index contributed by atoms with van der Waals surface area (Å²) in [6.45, 7) is 1.22. The maximum absolute atomic E-state index is 5.70. The second kappa shape index (κ2) is 6.19. The lowest BCUT2D eigenvalue weighted by Gasteiger charge is -2.16. The molecule has 2 rings (SSSR count). The summed E-state index contributed by atoms with van der Waals surface area (Å²) < 4.78 is 6.19. The predicted octanol–water partition coefficient (Wildman–Crippen LogP) is 1.51. The predicted molar refractivity (Wildman–Crippen MR) is 80.1 cm³/mol. The van der Waals surface area contributed by atoms with Gasteiger partial charge in [-0.15, -0.1) is 0 Å². The van der Waals surface area contributed by atoms with Crippen LogP contribution in [-0.2, 0) is 13.1 Å². The number of nitrogens with two attached hydrogens (primary N) is 1. The zero-order valence-corrected chi connectivity index (χ0v) is 13.3. The third-order valence-corrected chi connectivity index (χ3v) is 2.98. The van der Waals surface area contributed by atoms with Crippen LogP contribution in [-0.4, -0.2) is 41.0 Å². The highest BCUT2D eigenvalue weighted by molar-refractivity contribution is 9.10. The molecule has 0 fully saturated rings. The number of hydrogen-bond donors (Lipinski definition) is 1. The molecule has 0 saturated carbocycles. The summed E-state index contributed by atoms with van der Waals surface area (Å²) in [7, 11) is 5.69. The van der Waals surface area contributed by atoms with Crippen molar-refractivity contribution >= 4 is 27.8 Å². The Bertz CT molecular complexity index is 585. The Morgan fingerprint density at radius 3 is 2.50 bits per heavy atom. The van der Waals surface area contributed by atoms with Crippen LogP contribution >= 0.6 is 15.9 Å². The third-order valence-electron chi connectivity index (χ3n) is 2.55. The number of aromatic nitrogens is 3. The molecule has 2 heterocycles. The molecular weight excluding hydrogens is 324 g/mol. The highest BCUT2D eigenvalue weighted by Gasteiger charge is 2.10. The minimum atomic E-state index is 0.229. The second-order valence-electron chi connectivity index (χ2n) is 4.68. The third kappa shape index (κ3) is 3.91. The minimum Gasteiger partial charge on any atom is -0.453 e. The quantitative estimate of drug-likeness (QED) is 0.882. The molecule has 0 spiro atoms. The molecular formula is C12H17BrN6O. The average Bonchev–Trinajstić information content (AvgIpc) is 2.73.